The van der Waals surface area contributed by atoms with Crippen LogP contribution >= 0.6 is 0 Å². The predicted molar refractivity (Wildman–Crippen MR) is 77.2 cm³/mol. The van der Waals surface area contributed by atoms with E-state index in [0.717, 1.165) is 38.8 Å². The Kier molecular flexibility index (Phi) is 4.88. The zero-order valence-electron chi connectivity index (χ0n) is 12.5. The van der Waals surface area contributed by atoms with Crippen molar-refractivity contribution in [3.8, 4) is 0 Å². The third-order valence-electron chi connectivity index (χ3n) is 5.20. The fourth-order valence-electron chi connectivity index (χ4n) is 4.04. The summed E-state index contributed by atoms with van der Waals surface area (Å²) >= 11 is 0. The van der Waals surface area contributed by atoms with Gasteiger partial charge in [-0.25, -0.2) is 0 Å². The molecular weight excluding hydrogens is 238 g/mol. The Morgan fingerprint density at radius 3 is 2.37 bits per heavy atom. The number of rotatable bonds is 4. The van der Waals surface area contributed by atoms with Gasteiger partial charge in [0.1, 0.15) is 0 Å². The summed E-state index contributed by atoms with van der Waals surface area (Å²) in [6.07, 6.45) is 8.84. The van der Waals surface area contributed by atoms with Crippen LogP contribution in [0, 0.1) is 11.3 Å². The van der Waals surface area contributed by atoms with Gasteiger partial charge in [0, 0.05) is 12.6 Å². The van der Waals surface area contributed by atoms with Crippen molar-refractivity contribution in [3.05, 3.63) is 0 Å². The molecule has 0 radical (unpaired) electrons. The summed E-state index contributed by atoms with van der Waals surface area (Å²) in [6, 6.07) is 0.597. The van der Waals surface area contributed by atoms with E-state index in [0.29, 0.717) is 12.0 Å². The van der Waals surface area contributed by atoms with Crippen LogP contribution in [-0.2, 0) is 4.79 Å². The second-order valence-electron chi connectivity index (χ2n) is 6.92. The Bertz CT molecular complexity index is 306. The maximum absolute atomic E-state index is 11.9. The molecule has 1 saturated heterocycles. The van der Waals surface area contributed by atoms with E-state index in [2.05, 4.69) is 18.7 Å². The molecule has 0 spiro atoms. The van der Waals surface area contributed by atoms with Gasteiger partial charge >= 0.3 is 5.97 Å². The summed E-state index contributed by atoms with van der Waals surface area (Å²) in [5.41, 5.74) is -0.464. The molecule has 2 fully saturated rings. The van der Waals surface area contributed by atoms with Crippen molar-refractivity contribution in [3.63, 3.8) is 0 Å². The fraction of sp³-hybridized carbons (Fsp3) is 0.938. The maximum Gasteiger partial charge on any atom is 0.310 e. The van der Waals surface area contributed by atoms with E-state index >= 15 is 0 Å². The largest absolute Gasteiger partial charge is 0.481 e. The standard InChI is InChI=1S/C16H29NO2/c1-13(2)14-8-7-11-17(14)12-16(15(18)19)9-5-3-4-6-10-16/h13-14H,3-12H2,1-2H3,(H,18,19). The molecule has 1 saturated carbocycles. The van der Waals surface area contributed by atoms with E-state index in [1.54, 1.807) is 0 Å². The minimum atomic E-state index is -0.552. The molecule has 1 atom stereocenters. The van der Waals surface area contributed by atoms with E-state index in [1.807, 2.05) is 0 Å². The zero-order chi connectivity index (χ0) is 13.9. The molecule has 0 bridgehead atoms. The molecule has 1 unspecified atom stereocenters. The number of hydrogen-bond acceptors (Lipinski definition) is 2. The first-order valence-corrected chi connectivity index (χ1v) is 8.03. The predicted octanol–water partition coefficient (Wildman–Crippen LogP) is 3.53. The topological polar surface area (TPSA) is 40.5 Å². The van der Waals surface area contributed by atoms with Crippen molar-refractivity contribution in [2.45, 2.75) is 71.3 Å². The van der Waals surface area contributed by atoms with Crippen LogP contribution in [0.5, 0.6) is 0 Å². The third-order valence-corrected chi connectivity index (χ3v) is 5.20. The Labute approximate surface area is 117 Å². The summed E-state index contributed by atoms with van der Waals surface area (Å²) in [5.74, 6) is 0.0860. The lowest BCUT2D eigenvalue weighted by molar-refractivity contribution is -0.151. The normalized spacial score (nSPS) is 28.5. The second kappa shape index (κ2) is 6.25. The van der Waals surface area contributed by atoms with Crippen LogP contribution in [-0.4, -0.2) is 35.1 Å². The average molecular weight is 267 g/mol. The summed E-state index contributed by atoms with van der Waals surface area (Å²) < 4.78 is 0. The Balaban J connectivity index is 2.09. The lowest BCUT2D eigenvalue weighted by atomic mass is 9.79. The molecule has 110 valence electrons. The van der Waals surface area contributed by atoms with Gasteiger partial charge in [-0.2, -0.15) is 0 Å². The van der Waals surface area contributed by atoms with Gasteiger partial charge in [0.25, 0.3) is 0 Å². The Hall–Kier alpha value is -0.570. The molecule has 1 aliphatic carbocycles. The number of aliphatic carboxylic acids is 1. The molecule has 0 aromatic heterocycles. The second-order valence-corrected chi connectivity index (χ2v) is 6.92. The molecule has 2 rings (SSSR count). The number of carboxylic acids is 1. The average Bonchev–Trinajstić information content (AvgIpc) is 2.67. The first-order valence-electron chi connectivity index (χ1n) is 8.03. The maximum atomic E-state index is 11.9. The van der Waals surface area contributed by atoms with Crippen molar-refractivity contribution in [2.24, 2.45) is 11.3 Å². The summed E-state index contributed by atoms with van der Waals surface area (Å²) in [6.45, 7) is 6.41. The highest BCUT2D eigenvalue weighted by Gasteiger charge is 2.42. The van der Waals surface area contributed by atoms with Gasteiger partial charge in [-0.3, -0.25) is 9.69 Å². The van der Waals surface area contributed by atoms with E-state index in [-0.39, 0.29) is 0 Å². The number of carbonyl (C=O) groups is 1. The minimum absolute atomic E-state index is 0.464. The van der Waals surface area contributed by atoms with Crippen molar-refractivity contribution in [2.75, 3.05) is 13.1 Å². The van der Waals surface area contributed by atoms with Gasteiger partial charge in [-0.1, -0.05) is 39.5 Å². The van der Waals surface area contributed by atoms with Crippen molar-refractivity contribution in [1.82, 2.24) is 4.90 Å². The van der Waals surface area contributed by atoms with Crippen LogP contribution in [0.15, 0.2) is 0 Å². The van der Waals surface area contributed by atoms with Gasteiger partial charge in [0.2, 0.25) is 0 Å². The molecule has 19 heavy (non-hydrogen) atoms. The van der Waals surface area contributed by atoms with E-state index in [4.69, 9.17) is 0 Å². The molecule has 1 N–H and O–H groups in total. The molecular formula is C16H29NO2. The zero-order valence-corrected chi connectivity index (χ0v) is 12.5. The number of hydrogen-bond donors (Lipinski definition) is 1. The van der Waals surface area contributed by atoms with Gasteiger partial charge in [0.15, 0.2) is 0 Å². The van der Waals surface area contributed by atoms with Crippen molar-refractivity contribution in [1.29, 1.82) is 0 Å². The van der Waals surface area contributed by atoms with E-state index < -0.39 is 11.4 Å². The van der Waals surface area contributed by atoms with E-state index in [9.17, 15) is 9.90 Å². The molecule has 0 aromatic rings. The van der Waals surface area contributed by atoms with Crippen molar-refractivity contribution < 1.29 is 9.90 Å². The summed E-state index contributed by atoms with van der Waals surface area (Å²) in [7, 11) is 0. The minimum Gasteiger partial charge on any atom is -0.481 e. The van der Waals surface area contributed by atoms with Gasteiger partial charge in [-0.15, -0.1) is 0 Å². The lowest BCUT2D eigenvalue weighted by Crippen LogP contribution is -2.46. The van der Waals surface area contributed by atoms with Gasteiger partial charge in [0.05, 0.1) is 5.41 Å². The quantitative estimate of drug-likeness (QED) is 0.792. The Morgan fingerprint density at radius 1 is 1.21 bits per heavy atom. The molecule has 3 heteroatoms. The third kappa shape index (κ3) is 3.31. The summed E-state index contributed by atoms with van der Waals surface area (Å²) in [5, 5.41) is 9.77. The van der Waals surface area contributed by atoms with Crippen molar-refractivity contribution >= 4 is 5.97 Å². The van der Waals surface area contributed by atoms with Crippen LogP contribution in [0.25, 0.3) is 0 Å². The fourth-order valence-corrected chi connectivity index (χ4v) is 4.04. The smallest absolute Gasteiger partial charge is 0.310 e. The van der Waals surface area contributed by atoms with Crippen LogP contribution < -0.4 is 0 Å². The Morgan fingerprint density at radius 2 is 1.84 bits per heavy atom. The first kappa shape index (κ1) is 14.8. The molecule has 1 aliphatic heterocycles. The molecule has 2 aliphatic rings. The van der Waals surface area contributed by atoms with Crippen LogP contribution in [0.2, 0.25) is 0 Å². The van der Waals surface area contributed by atoms with Gasteiger partial charge in [-0.05, 0) is 38.1 Å². The van der Waals surface area contributed by atoms with Crippen LogP contribution in [0.3, 0.4) is 0 Å². The monoisotopic (exact) mass is 267 g/mol. The highest BCUT2D eigenvalue weighted by molar-refractivity contribution is 5.75. The number of carboxylic acid groups (broad SMARTS) is 1. The van der Waals surface area contributed by atoms with E-state index in [1.165, 1.54) is 25.7 Å². The molecule has 0 aromatic carbocycles. The highest BCUT2D eigenvalue weighted by Crippen LogP contribution is 2.38. The summed E-state index contributed by atoms with van der Waals surface area (Å²) in [4.78, 5) is 14.3. The lowest BCUT2D eigenvalue weighted by Gasteiger charge is -2.36. The van der Waals surface area contributed by atoms with Crippen LogP contribution in [0.4, 0.5) is 0 Å². The van der Waals surface area contributed by atoms with Gasteiger partial charge < -0.3 is 5.11 Å². The van der Waals surface area contributed by atoms with Crippen LogP contribution in [0.1, 0.15) is 65.2 Å². The number of nitrogens with zero attached hydrogens (tertiary/aromatic N) is 1. The molecule has 3 nitrogen and oxygen atoms in total. The highest BCUT2D eigenvalue weighted by atomic mass is 16.4. The molecule has 1 heterocycles. The molecule has 0 amide bonds. The number of likely N-dealkylation sites (tertiary alicyclic amines) is 1. The SMILES string of the molecule is CC(C)C1CCCN1CC1(C(=O)O)CCCCCC1. The first-order chi connectivity index (χ1) is 9.05.